The zero-order chi connectivity index (χ0) is 26.3. The summed E-state index contributed by atoms with van der Waals surface area (Å²) in [5, 5.41) is 6.75. The molecule has 188 valence electrons. The highest BCUT2D eigenvalue weighted by atomic mass is 35.5. The molecule has 7 heteroatoms. The largest absolute Gasteiger partial charge is 0.320 e. The van der Waals surface area contributed by atoms with Gasteiger partial charge in [0.15, 0.2) is 11.5 Å². The molecule has 0 saturated heterocycles. The molecular weight excluding hydrogens is 525 g/mol. The smallest absolute Gasteiger partial charge is 0.183 e. The molecule has 5 nitrogen and oxygen atoms in total. The highest BCUT2D eigenvalue weighted by molar-refractivity contribution is 6.36. The van der Waals surface area contributed by atoms with Crippen molar-refractivity contribution in [2.24, 2.45) is 0 Å². The van der Waals surface area contributed by atoms with Crippen LogP contribution in [0.15, 0.2) is 116 Å². The Hall–Kier alpha value is -4.45. The van der Waals surface area contributed by atoms with E-state index in [1.807, 2.05) is 24.3 Å². The average molecular weight is 546 g/mol. The van der Waals surface area contributed by atoms with Crippen LogP contribution in [0.1, 0.15) is 5.56 Å². The fourth-order valence-electron chi connectivity index (χ4n) is 5.12. The first-order valence-corrected chi connectivity index (χ1v) is 13.3. The van der Waals surface area contributed by atoms with E-state index >= 15 is 0 Å². The van der Waals surface area contributed by atoms with E-state index in [4.69, 9.17) is 38.3 Å². The van der Waals surface area contributed by atoms with Crippen LogP contribution in [0.2, 0.25) is 10.0 Å². The summed E-state index contributed by atoms with van der Waals surface area (Å²) in [5.41, 5.74) is 7.77. The quantitative estimate of drug-likeness (QED) is 0.218. The van der Waals surface area contributed by atoms with Gasteiger partial charge in [-0.2, -0.15) is 0 Å². The third-order valence-corrected chi connectivity index (χ3v) is 7.39. The minimum absolute atomic E-state index is 0.498. The molecule has 0 unspecified atom stereocenters. The van der Waals surface area contributed by atoms with Crippen molar-refractivity contribution < 1.29 is 0 Å². The van der Waals surface area contributed by atoms with Gasteiger partial charge in [-0.25, -0.2) is 14.5 Å². The molecule has 0 atom stereocenters. The maximum atomic E-state index is 6.54. The van der Waals surface area contributed by atoms with Crippen molar-refractivity contribution >= 4 is 39.9 Å². The van der Waals surface area contributed by atoms with Crippen LogP contribution in [-0.4, -0.2) is 24.1 Å². The standard InChI is InChI=1S/C32H21Cl2N5/c33-24-16-17-25(26(34)18-24)30-36-32-28-27(22-12-6-2-7-13-22)29(23-14-8-3-9-15-23)38(19-21-10-4-1-5-11-21)31(28)35-20-39(32)37-30/h1-18,20H,19H2. The number of nitrogens with zero attached hydrogens (tertiary/aromatic N) is 5. The number of rotatable bonds is 5. The first-order valence-electron chi connectivity index (χ1n) is 12.5. The summed E-state index contributed by atoms with van der Waals surface area (Å²) in [6, 6.07) is 36.6. The zero-order valence-corrected chi connectivity index (χ0v) is 22.2. The summed E-state index contributed by atoms with van der Waals surface area (Å²) >= 11 is 12.7. The number of halogens is 2. The van der Waals surface area contributed by atoms with E-state index in [-0.39, 0.29) is 0 Å². The topological polar surface area (TPSA) is 48.0 Å². The van der Waals surface area contributed by atoms with Gasteiger partial charge in [0.1, 0.15) is 12.0 Å². The van der Waals surface area contributed by atoms with Gasteiger partial charge in [-0.1, -0.05) is 114 Å². The Morgan fingerprint density at radius 1 is 0.692 bits per heavy atom. The molecule has 0 saturated carbocycles. The van der Waals surface area contributed by atoms with Crippen molar-refractivity contribution in [2.45, 2.75) is 6.54 Å². The van der Waals surface area contributed by atoms with Gasteiger partial charge in [0.05, 0.1) is 16.1 Å². The lowest BCUT2D eigenvalue weighted by molar-refractivity contribution is 0.826. The molecule has 0 bridgehead atoms. The maximum absolute atomic E-state index is 6.54. The van der Waals surface area contributed by atoms with Crippen molar-refractivity contribution in [3.05, 3.63) is 131 Å². The van der Waals surface area contributed by atoms with Crippen molar-refractivity contribution in [3.63, 3.8) is 0 Å². The Bertz CT molecular complexity index is 1950. The summed E-state index contributed by atoms with van der Waals surface area (Å²) in [4.78, 5) is 9.96. The van der Waals surface area contributed by atoms with Crippen LogP contribution in [0.5, 0.6) is 0 Å². The van der Waals surface area contributed by atoms with Gasteiger partial charge in [0.25, 0.3) is 0 Å². The summed E-state index contributed by atoms with van der Waals surface area (Å²) in [6.45, 7) is 0.654. The second kappa shape index (κ2) is 9.70. The van der Waals surface area contributed by atoms with Crippen LogP contribution >= 0.6 is 23.2 Å². The molecule has 0 fully saturated rings. The van der Waals surface area contributed by atoms with Gasteiger partial charge >= 0.3 is 0 Å². The fraction of sp³-hybridized carbons (Fsp3) is 0.0312. The fourth-order valence-corrected chi connectivity index (χ4v) is 5.62. The van der Waals surface area contributed by atoms with E-state index in [2.05, 4.69) is 77.4 Å². The third kappa shape index (κ3) is 4.16. The molecule has 0 spiro atoms. The Balaban J connectivity index is 1.59. The molecule has 0 aliphatic rings. The van der Waals surface area contributed by atoms with E-state index < -0.39 is 0 Å². The normalized spacial score (nSPS) is 11.4. The first kappa shape index (κ1) is 23.7. The Kier molecular flexibility index (Phi) is 5.88. The van der Waals surface area contributed by atoms with Crippen LogP contribution in [0.25, 0.3) is 50.5 Å². The molecule has 0 amide bonds. The van der Waals surface area contributed by atoms with Crippen LogP contribution in [0, 0.1) is 0 Å². The van der Waals surface area contributed by atoms with Crippen LogP contribution in [0.3, 0.4) is 0 Å². The average Bonchev–Trinajstić information content (AvgIpc) is 3.54. The molecular formula is C32H21Cl2N5. The lowest BCUT2D eigenvalue weighted by Crippen LogP contribution is -2.03. The Morgan fingerprint density at radius 3 is 2.05 bits per heavy atom. The van der Waals surface area contributed by atoms with Crippen molar-refractivity contribution in [2.75, 3.05) is 0 Å². The van der Waals surface area contributed by atoms with E-state index in [0.717, 1.165) is 33.4 Å². The number of hydrogen-bond acceptors (Lipinski definition) is 3. The molecule has 3 heterocycles. The molecule has 0 N–H and O–H groups in total. The third-order valence-electron chi connectivity index (χ3n) is 6.85. The Morgan fingerprint density at radius 2 is 1.36 bits per heavy atom. The molecule has 3 aromatic heterocycles. The van der Waals surface area contributed by atoms with Gasteiger partial charge in [0, 0.05) is 22.7 Å². The van der Waals surface area contributed by atoms with Gasteiger partial charge in [-0.05, 0) is 34.9 Å². The molecule has 7 aromatic rings. The number of aromatic nitrogens is 5. The van der Waals surface area contributed by atoms with E-state index in [1.165, 1.54) is 5.56 Å². The molecule has 4 aromatic carbocycles. The molecule has 0 aliphatic carbocycles. The van der Waals surface area contributed by atoms with Crippen molar-refractivity contribution in [1.29, 1.82) is 0 Å². The second-order valence-electron chi connectivity index (χ2n) is 9.30. The zero-order valence-electron chi connectivity index (χ0n) is 20.7. The number of hydrogen-bond donors (Lipinski definition) is 0. The van der Waals surface area contributed by atoms with Gasteiger partial charge < -0.3 is 4.57 Å². The maximum Gasteiger partial charge on any atom is 0.183 e. The van der Waals surface area contributed by atoms with Crippen molar-refractivity contribution in [3.8, 4) is 33.8 Å². The first-order chi connectivity index (χ1) is 19.2. The van der Waals surface area contributed by atoms with E-state index in [0.29, 0.717) is 33.6 Å². The monoisotopic (exact) mass is 545 g/mol. The predicted molar refractivity (Wildman–Crippen MR) is 158 cm³/mol. The Labute approximate surface area is 234 Å². The summed E-state index contributed by atoms with van der Waals surface area (Å²) in [7, 11) is 0. The van der Waals surface area contributed by atoms with E-state index in [9.17, 15) is 0 Å². The van der Waals surface area contributed by atoms with Crippen LogP contribution in [0.4, 0.5) is 0 Å². The SMILES string of the molecule is Clc1ccc(-c2nc3c4c(-c5ccccc5)c(-c5ccccc5)n(Cc5ccccc5)c4ncn3n2)c(Cl)c1. The molecule has 7 rings (SSSR count). The van der Waals surface area contributed by atoms with Gasteiger partial charge in [-0.3, -0.25) is 0 Å². The summed E-state index contributed by atoms with van der Waals surface area (Å²) in [5.74, 6) is 0.516. The van der Waals surface area contributed by atoms with E-state index in [1.54, 1.807) is 23.0 Å². The van der Waals surface area contributed by atoms with Crippen LogP contribution < -0.4 is 0 Å². The minimum Gasteiger partial charge on any atom is -0.320 e. The summed E-state index contributed by atoms with van der Waals surface area (Å²) < 4.78 is 4.02. The van der Waals surface area contributed by atoms with Crippen molar-refractivity contribution in [1.82, 2.24) is 24.1 Å². The summed E-state index contributed by atoms with van der Waals surface area (Å²) in [6.07, 6.45) is 1.73. The minimum atomic E-state index is 0.498. The predicted octanol–water partition coefficient (Wildman–Crippen LogP) is 8.44. The number of benzene rings is 4. The van der Waals surface area contributed by atoms with Gasteiger partial charge in [0.2, 0.25) is 0 Å². The van der Waals surface area contributed by atoms with Gasteiger partial charge in [-0.15, -0.1) is 5.10 Å². The highest BCUT2D eigenvalue weighted by Gasteiger charge is 2.25. The molecule has 39 heavy (non-hydrogen) atoms. The number of fused-ring (bicyclic) bond motifs is 3. The highest BCUT2D eigenvalue weighted by Crippen LogP contribution is 2.42. The lowest BCUT2D eigenvalue weighted by atomic mass is 9.99. The molecule has 0 aliphatic heterocycles. The molecule has 0 radical (unpaired) electrons. The second-order valence-corrected chi connectivity index (χ2v) is 10.1. The lowest BCUT2D eigenvalue weighted by Gasteiger charge is -2.13. The van der Waals surface area contributed by atoms with Crippen LogP contribution in [-0.2, 0) is 6.54 Å².